The predicted molar refractivity (Wildman–Crippen MR) is 213 cm³/mol. The number of rotatable bonds is 20. The molecule has 0 aliphatic rings. The van der Waals surface area contributed by atoms with Crippen LogP contribution >= 0.6 is 0 Å². The van der Waals surface area contributed by atoms with Gasteiger partial charge >= 0.3 is 18.2 Å². The fourth-order valence-corrected chi connectivity index (χ4v) is 5.65. The van der Waals surface area contributed by atoms with E-state index in [2.05, 4.69) is 26.6 Å². The third kappa shape index (κ3) is 20.0. The van der Waals surface area contributed by atoms with Crippen molar-refractivity contribution in [1.82, 2.24) is 26.6 Å². The Morgan fingerprint density at radius 3 is 1.55 bits per heavy atom. The Labute approximate surface area is 331 Å². The molecular weight excluding hydrogens is 718 g/mol. The van der Waals surface area contributed by atoms with Gasteiger partial charge in [0.1, 0.15) is 29.3 Å². The standard InChI is InChI=1S/C42H63N5O9/c1-28(2)24-32(36(49)44-31(27-35(48)54-9)22-16-17-23-43-39(52)55-41(3,4)5)45-37(50)33(25-29-18-12-10-13-19-29)46-38(51)34(26-30-20-14-11-15-21-30)47-40(53)56-42(6,7)8/h10-15,18-21,28,31-34H,16-17,22-27H2,1-9H3,(H,43,52)(H,44,49)(H,45,50)(H,46,51)(H,47,53)/t31-,32-,33-,34-/m1/s1. The molecule has 0 radical (unpaired) electrons. The van der Waals surface area contributed by atoms with Crippen molar-refractivity contribution >= 4 is 35.9 Å². The monoisotopic (exact) mass is 781 g/mol. The molecule has 5 amide bonds. The first-order chi connectivity index (χ1) is 26.2. The molecule has 2 aromatic carbocycles. The van der Waals surface area contributed by atoms with E-state index in [0.717, 1.165) is 11.1 Å². The van der Waals surface area contributed by atoms with Crippen molar-refractivity contribution in [3.05, 3.63) is 71.8 Å². The second-order valence-corrected chi connectivity index (χ2v) is 16.2. The van der Waals surface area contributed by atoms with E-state index in [1.54, 1.807) is 41.5 Å². The van der Waals surface area contributed by atoms with Crippen LogP contribution in [0.1, 0.15) is 98.6 Å². The molecule has 0 spiro atoms. The molecule has 2 rings (SSSR count). The normalized spacial score (nSPS) is 13.6. The third-order valence-corrected chi connectivity index (χ3v) is 8.18. The Morgan fingerprint density at radius 1 is 0.607 bits per heavy atom. The molecule has 0 heterocycles. The van der Waals surface area contributed by atoms with Crippen LogP contribution in [-0.2, 0) is 46.2 Å². The highest BCUT2D eigenvalue weighted by molar-refractivity contribution is 5.94. The van der Waals surface area contributed by atoms with Crippen LogP contribution in [0.15, 0.2) is 60.7 Å². The SMILES string of the molecule is COC(=O)C[C@@H](CCCCNC(=O)OC(C)(C)C)NC(=O)[C@@H](CC(C)C)NC(=O)[C@@H](Cc1ccccc1)NC(=O)[C@@H](Cc1ccccc1)NC(=O)OC(C)(C)C. The first-order valence-electron chi connectivity index (χ1n) is 19.3. The Morgan fingerprint density at radius 2 is 1.07 bits per heavy atom. The number of amides is 5. The fourth-order valence-electron chi connectivity index (χ4n) is 5.65. The second-order valence-electron chi connectivity index (χ2n) is 16.2. The summed E-state index contributed by atoms with van der Waals surface area (Å²) in [4.78, 5) is 79.1. The van der Waals surface area contributed by atoms with E-state index in [1.807, 2.05) is 74.5 Å². The lowest BCUT2D eigenvalue weighted by molar-refractivity contribution is -0.141. The number of carbonyl (C=O) groups excluding carboxylic acids is 6. The Balaban J connectivity index is 2.27. The smallest absolute Gasteiger partial charge is 0.408 e. The van der Waals surface area contributed by atoms with Crippen molar-refractivity contribution in [1.29, 1.82) is 0 Å². The van der Waals surface area contributed by atoms with Crippen molar-refractivity contribution in [3.63, 3.8) is 0 Å². The molecule has 0 saturated carbocycles. The molecule has 56 heavy (non-hydrogen) atoms. The average molecular weight is 782 g/mol. The molecule has 310 valence electrons. The molecule has 0 fully saturated rings. The predicted octanol–water partition coefficient (Wildman–Crippen LogP) is 5.12. The van der Waals surface area contributed by atoms with Gasteiger partial charge in [-0.15, -0.1) is 0 Å². The number of hydrogen-bond acceptors (Lipinski definition) is 9. The number of nitrogens with one attached hydrogen (secondary N) is 5. The quantitative estimate of drug-likeness (QED) is 0.0690. The largest absolute Gasteiger partial charge is 0.469 e. The van der Waals surface area contributed by atoms with Gasteiger partial charge in [0.05, 0.1) is 13.5 Å². The summed E-state index contributed by atoms with van der Waals surface area (Å²) in [5.41, 5.74) is 0.104. The Hall–Kier alpha value is -5.14. The van der Waals surface area contributed by atoms with Gasteiger partial charge in [-0.05, 0) is 84.3 Å². The van der Waals surface area contributed by atoms with Crippen LogP contribution in [0.4, 0.5) is 9.59 Å². The summed E-state index contributed by atoms with van der Waals surface area (Å²) in [5.74, 6) is -2.23. The maximum atomic E-state index is 14.1. The van der Waals surface area contributed by atoms with Crippen LogP contribution in [0.5, 0.6) is 0 Å². The molecule has 0 aliphatic heterocycles. The van der Waals surface area contributed by atoms with Gasteiger partial charge in [0.15, 0.2) is 0 Å². The second kappa shape index (κ2) is 23.1. The summed E-state index contributed by atoms with van der Waals surface area (Å²) in [5, 5.41) is 14.0. The van der Waals surface area contributed by atoms with Gasteiger partial charge in [0.2, 0.25) is 17.7 Å². The van der Waals surface area contributed by atoms with Crippen LogP contribution in [0.3, 0.4) is 0 Å². The molecule has 2 aromatic rings. The maximum absolute atomic E-state index is 14.1. The molecule has 0 aliphatic carbocycles. The zero-order valence-corrected chi connectivity index (χ0v) is 34.5. The summed E-state index contributed by atoms with van der Waals surface area (Å²) in [7, 11) is 1.27. The summed E-state index contributed by atoms with van der Waals surface area (Å²) < 4.78 is 15.6. The molecule has 0 bridgehead atoms. The van der Waals surface area contributed by atoms with E-state index >= 15 is 0 Å². The lowest BCUT2D eigenvalue weighted by Gasteiger charge is -2.28. The van der Waals surface area contributed by atoms with E-state index < -0.39 is 71.2 Å². The minimum atomic E-state index is -1.13. The van der Waals surface area contributed by atoms with Crippen molar-refractivity contribution in [2.45, 2.75) is 136 Å². The van der Waals surface area contributed by atoms with Crippen LogP contribution in [0.2, 0.25) is 0 Å². The minimum Gasteiger partial charge on any atom is -0.469 e. The molecule has 14 heteroatoms. The Kier molecular flexibility index (Phi) is 19.4. The van der Waals surface area contributed by atoms with Gasteiger partial charge in [-0.2, -0.15) is 0 Å². The topological polar surface area (TPSA) is 190 Å². The maximum Gasteiger partial charge on any atom is 0.408 e. The summed E-state index contributed by atoms with van der Waals surface area (Å²) >= 11 is 0. The van der Waals surface area contributed by atoms with Crippen molar-refractivity contribution < 1.29 is 43.0 Å². The minimum absolute atomic E-state index is 0.0144. The molecular formula is C42H63N5O9. The van der Waals surface area contributed by atoms with Gasteiger partial charge < -0.3 is 40.8 Å². The lowest BCUT2D eigenvalue weighted by atomic mass is 9.99. The van der Waals surface area contributed by atoms with E-state index in [-0.39, 0.29) is 31.6 Å². The van der Waals surface area contributed by atoms with E-state index in [0.29, 0.717) is 25.8 Å². The molecule has 14 nitrogen and oxygen atoms in total. The number of unbranched alkanes of at least 4 members (excludes halogenated alkanes) is 1. The molecule has 0 saturated heterocycles. The summed E-state index contributed by atoms with van der Waals surface area (Å²) in [6.07, 6.45) is 0.613. The van der Waals surface area contributed by atoms with E-state index in [9.17, 15) is 28.8 Å². The number of carbonyl (C=O) groups is 6. The van der Waals surface area contributed by atoms with Crippen LogP contribution in [0, 0.1) is 5.92 Å². The first-order valence-corrected chi connectivity index (χ1v) is 19.3. The van der Waals surface area contributed by atoms with E-state index in [4.69, 9.17) is 14.2 Å². The molecule has 4 atom stereocenters. The van der Waals surface area contributed by atoms with Gasteiger partial charge in [-0.1, -0.05) is 74.5 Å². The van der Waals surface area contributed by atoms with Crippen molar-refractivity contribution in [2.75, 3.05) is 13.7 Å². The van der Waals surface area contributed by atoms with Crippen LogP contribution < -0.4 is 26.6 Å². The first kappa shape index (κ1) is 47.0. The van der Waals surface area contributed by atoms with Gasteiger partial charge in [0.25, 0.3) is 0 Å². The number of alkyl carbamates (subject to hydrolysis) is 2. The summed E-state index contributed by atoms with van der Waals surface area (Å²) in [6.45, 7) is 14.6. The average Bonchev–Trinajstić information content (AvgIpc) is 3.09. The number of ether oxygens (including phenoxy) is 3. The van der Waals surface area contributed by atoms with E-state index in [1.165, 1.54) is 7.11 Å². The van der Waals surface area contributed by atoms with Gasteiger partial charge in [-0.3, -0.25) is 19.2 Å². The van der Waals surface area contributed by atoms with Gasteiger partial charge in [-0.25, -0.2) is 9.59 Å². The zero-order valence-electron chi connectivity index (χ0n) is 34.5. The zero-order chi connectivity index (χ0) is 41.9. The molecule has 5 N–H and O–H groups in total. The number of hydrogen-bond donors (Lipinski definition) is 5. The number of benzene rings is 2. The third-order valence-electron chi connectivity index (χ3n) is 8.18. The summed E-state index contributed by atoms with van der Waals surface area (Å²) in [6, 6.07) is 14.4. The van der Waals surface area contributed by atoms with Gasteiger partial charge in [0, 0.05) is 25.4 Å². The van der Waals surface area contributed by atoms with Crippen LogP contribution in [0.25, 0.3) is 0 Å². The Bertz CT molecular complexity index is 1560. The molecule has 0 aromatic heterocycles. The van der Waals surface area contributed by atoms with Crippen molar-refractivity contribution in [2.24, 2.45) is 5.92 Å². The highest BCUT2D eigenvalue weighted by Crippen LogP contribution is 2.13. The number of esters is 1. The fraction of sp³-hybridized carbons (Fsp3) is 0.571. The number of methoxy groups -OCH3 is 1. The highest BCUT2D eigenvalue weighted by Gasteiger charge is 2.32. The highest BCUT2D eigenvalue weighted by atomic mass is 16.6. The van der Waals surface area contributed by atoms with Crippen LogP contribution in [-0.4, -0.2) is 84.9 Å². The van der Waals surface area contributed by atoms with Crippen molar-refractivity contribution in [3.8, 4) is 0 Å². The molecule has 0 unspecified atom stereocenters. The lowest BCUT2D eigenvalue weighted by Crippen LogP contribution is -2.58.